The zero-order chi connectivity index (χ0) is 14.4. The normalized spacial score (nSPS) is 11.2. The van der Waals surface area contributed by atoms with Gasteiger partial charge in [-0.3, -0.25) is 4.79 Å². The predicted octanol–water partition coefficient (Wildman–Crippen LogP) is 2.17. The first kappa shape index (κ1) is 14.2. The van der Waals surface area contributed by atoms with E-state index in [-0.39, 0.29) is 12.5 Å². The molecule has 0 aliphatic rings. The Bertz CT molecular complexity index is 609. The summed E-state index contributed by atoms with van der Waals surface area (Å²) < 4.78 is 1.78. The Kier molecular flexibility index (Phi) is 4.85. The summed E-state index contributed by atoms with van der Waals surface area (Å²) in [5.74, 6) is -0.172. The highest BCUT2D eigenvalue weighted by Crippen LogP contribution is 2.09. The van der Waals surface area contributed by atoms with Crippen LogP contribution in [-0.4, -0.2) is 11.6 Å². The van der Waals surface area contributed by atoms with Crippen LogP contribution in [0.5, 0.6) is 0 Å². The van der Waals surface area contributed by atoms with Crippen LogP contribution < -0.4 is 9.99 Å². The molecule has 102 valence electrons. The summed E-state index contributed by atoms with van der Waals surface area (Å²) in [6.07, 6.45) is 3.66. The van der Waals surface area contributed by atoms with Crippen molar-refractivity contribution >= 4 is 23.2 Å². The number of aromatic nitrogens is 1. The molecule has 0 atom stereocenters. The molecule has 0 bridgehead atoms. The monoisotopic (exact) mass is 288 g/mol. The van der Waals surface area contributed by atoms with Gasteiger partial charge < -0.3 is 0 Å². The molecular weight excluding hydrogens is 274 g/mol. The summed E-state index contributed by atoms with van der Waals surface area (Å²) in [6.45, 7) is 2.07. The van der Waals surface area contributed by atoms with Gasteiger partial charge >= 0.3 is 5.91 Å². The van der Waals surface area contributed by atoms with E-state index in [1.165, 1.54) is 0 Å². The summed E-state index contributed by atoms with van der Waals surface area (Å²) >= 11 is 5.82. The Balaban J connectivity index is 1.95. The Labute approximate surface area is 122 Å². The Morgan fingerprint density at radius 1 is 1.20 bits per heavy atom. The molecule has 4 nitrogen and oxygen atoms in total. The van der Waals surface area contributed by atoms with E-state index in [1.807, 2.05) is 49.6 Å². The molecule has 0 unspecified atom stereocenters. The number of halogens is 1. The quantitative estimate of drug-likeness (QED) is 0.523. The van der Waals surface area contributed by atoms with Gasteiger partial charge in [0.15, 0.2) is 12.4 Å². The van der Waals surface area contributed by atoms with E-state index in [4.69, 9.17) is 11.6 Å². The van der Waals surface area contributed by atoms with Crippen LogP contribution in [0.2, 0.25) is 5.02 Å². The van der Waals surface area contributed by atoms with Crippen molar-refractivity contribution in [2.75, 3.05) is 0 Å². The number of benzene rings is 1. The molecular formula is C15H15ClN3O+. The van der Waals surface area contributed by atoms with Crippen LogP contribution in [0.4, 0.5) is 0 Å². The number of rotatable bonds is 4. The number of pyridine rings is 1. The molecule has 1 amide bonds. The van der Waals surface area contributed by atoms with Crippen LogP contribution in [-0.2, 0) is 11.3 Å². The number of amides is 1. The van der Waals surface area contributed by atoms with E-state index >= 15 is 0 Å². The molecule has 1 heterocycles. The van der Waals surface area contributed by atoms with Crippen molar-refractivity contribution in [1.29, 1.82) is 0 Å². The average molecular weight is 289 g/mol. The van der Waals surface area contributed by atoms with Gasteiger partial charge in [-0.15, -0.1) is 0 Å². The van der Waals surface area contributed by atoms with E-state index in [0.717, 1.165) is 11.3 Å². The molecule has 1 aromatic heterocycles. The first-order chi connectivity index (χ1) is 9.65. The zero-order valence-electron chi connectivity index (χ0n) is 11.1. The van der Waals surface area contributed by atoms with Crippen LogP contribution >= 0.6 is 11.6 Å². The standard InChI is InChI=1S/C15H14ClN3O/c1-12(13-5-7-14(16)8-6-13)17-18-15(20)11-19-9-3-2-4-10-19/h2-10H,11H2,1H3/p+1/b17-12-. The molecule has 0 saturated carbocycles. The second-order valence-corrected chi connectivity index (χ2v) is 4.72. The highest BCUT2D eigenvalue weighted by molar-refractivity contribution is 6.30. The third kappa shape index (κ3) is 4.17. The number of hydrazone groups is 1. The topological polar surface area (TPSA) is 45.3 Å². The summed E-state index contributed by atoms with van der Waals surface area (Å²) in [5.41, 5.74) is 4.19. The second-order valence-electron chi connectivity index (χ2n) is 4.29. The van der Waals surface area contributed by atoms with E-state index < -0.39 is 0 Å². The van der Waals surface area contributed by atoms with Gasteiger partial charge in [-0.2, -0.15) is 9.67 Å². The number of nitrogens with one attached hydrogen (secondary N) is 1. The summed E-state index contributed by atoms with van der Waals surface area (Å²) in [4.78, 5) is 11.7. The first-order valence-corrected chi connectivity index (χ1v) is 6.56. The van der Waals surface area contributed by atoms with Crippen LogP contribution in [0.1, 0.15) is 12.5 Å². The average Bonchev–Trinajstić information content (AvgIpc) is 2.46. The largest absolute Gasteiger partial charge is 0.305 e. The van der Waals surface area contributed by atoms with Gasteiger partial charge in [0.05, 0.1) is 5.71 Å². The molecule has 2 rings (SSSR count). The third-order valence-corrected chi connectivity index (χ3v) is 2.97. The van der Waals surface area contributed by atoms with Gasteiger partial charge in [-0.25, -0.2) is 5.43 Å². The van der Waals surface area contributed by atoms with E-state index in [0.29, 0.717) is 5.02 Å². The van der Waals surface area contributed by atoms with Gasteiger partial charge in [0.1, 0.15) is 0 Å². The maximum absolute atomic E-state index is 11.7. The number of nitrogens with zero attached hydrogens (tertiary/aromatic N) is 2. The van der Waals surface area contributed by atoms with Gasteiger partial charge in [0, 0.05) is 17.2 Å². The summed E-state index contributed by atoms with van der Waals surface area (Å²) in [6, 6.07) is 12.9. The first-order valence-electron chi connectivity index (χ1n) is 6.18. The fraction of sp³-hybridized carbons (Fsp3) is 0.133. The molecule has 2 aromatic rings. The van der Waals surface area contributed by atoms with Crippen molar-refractivity contribution in [1.82, 2.24) is 5.43 Å². The third-order valence-electron chi connectivity index (χ3n) is 2.71. The highest BCUT2D eigenvalue weighted by Gasteiger charge is 2.07. The lowest BCUT2D eigenvalue weighted by molar-refractivity contribution is -0.684. The minimum atomic E-state index is -0.172. The number of carbonyl (C=O) groups is 1. The minimum absolute atomic E-state index is 0.172. The number of carbonyl (C=O) groups excluding carboxylic acids is 1. The molecule has 0 spiro atoms. The van der Waals surface area contributed by atoms with Crippen molar-refractivity contribution in [3.05, 3.63) is 65.4 Å². The molecule has 1 N–H and O–H groups in total. The van der Waals surface area contributed by atoms with Crippen molar-refractivity contribution < 1.29 is 9.36 Å². The molecule has 0 radical (unpaired) electrons. The van der Waals surface area contributed by atoms with Crippen LogP contribution in [0.25, 0.3) is 0 Å². The smallest absolute Gasteiger partial charge is 0.266 e. The van der Waals surface area contributed by atoms with Gasteiger partial charge in [-0.05, 0) is 24.6 Å². The van der Waals surface area contributed by atoms with Crippen LogP contribution in [0.15, 0.2) is 60.0 Å². The van der Waals surface area contributed by atoms with Gasteiger partial charge in [0.2, 0.25) is 6.54 Å². The number of hydrogen-bond acceptors (Lipinski definition) is 2. The van der Waals surface area contributed by atoms with E-state index in [2.05, 4.69) is 10.5 Å². The lowest BCUT2D eigenvalue weighted by Gasteiger charge is -2.02. The summed E-state index contributed by atoms with van der Waals surface area (Å²) in [7, 11) is 0. The molecule has 1 aromatic carbocycles. The van der Waals surface area contributed by atoms with E-state index in [9.17, 15) is 4.79 Å². The fourth-order valence-corrected chi connectivity index (χ4v) is 1.77. The Morgan fingerprint density at radius 3 is 2.50 bits per heavy atom. The van der Waals surface area contributed by atoms with Crippen LogP contribution in [0.3, 0.4) is 0 Å². The molecule has 0 aliphatic carbocycles. The molecule has 0 aliphatic heterocycles. The number of hydrogen-bond donors (Lipinski definition) is 1. The SMILES string of the molecule is C/C(=N/NC(=O)C[n+]1ccccc1)c1ccc(Cl)cc1. The molecule has 20 heavy (non-hydrogen) atoms. The molecule has 0 fully saturated rings. The molecule has 0 saturated heterocycles. The lowest BCUT2D eigenvalue weighted by Crippen LogP contribution is -2.41. The predicted molar refractivity (Wildman–Crippen MR) is 78.4 cm³/mol. The summed E-state index contributed by atoms with van der Waals surface area (Å²) in [5, 5.41) is 4.75. The Hall–Kier alpha value is -2.20. The Morgan fingerprint density at radius 2 is 1.85 bits per heavy atom. The maximum Gasteiger partial charge on any atom is 0.305 e. The second kappa shape index (κ2) is 6.82. The zero-order valence-corrected chi connectivity index (χ0v) is 11.8. The van der Waals surface area contributed by atoms with Crippen molar-refractivity contribution in [3.63, 3.8) is 0 Å². The van der Waals surface area contributed by atoms with Crippen LogP contribution in [0, 0.1) is 0 Å². The highest BCUT2D eigenvalue weighted by atomic mass is 35.5. The lowest BCUT2D eigenvalue weighted by atomic mass is 10.1. The van der Waals surface area contributed by atoms with E-state index in [1.54, 1.807) is 16.7 Å². The van der Waals surface area contributed by atoms with Crippen molar-refractivity contribution in [2.24, 2.45) is 5.10 Å². The van der Waals surface area contributed by atoms with Gasteiger partial charge in [0.25, 0.3) is 0 Å². The van der Waals surface area contributed by atoms with Crippen molar-refractivity contribution in [2.45, 2.75) is 13.5 Å². The van der Waals surface area contributed by atoms with Gasteiger partial charge in [-0.1, -0.05) is 29.8 Å². The molecule has 5 heteroatoms. The fourth-order valence-electron chi connectivity index (χ4n) is 1.64. The van der Waals surface area contributed by atoms with Crippen molar-refractivity contribution in [3.8, 4) is 0 Å². The minimum Gasteiger partial charge on any atom is -0.266 e. The maximum atomic E-state index is 11.7.